The molecule has 0 spiro atoms. The van der Waals surface area contributed by atoms with Gasteiger partial charge in [-0.05, 0) is 30.3 Å². The van der Waals surface area contributed by atoms with Gasteiger partial charge in [0.15, 0.2) is 0 Å². The van der Waals surface area contributed by atoms with E-state index in [2.05, 4.69) is 5.10 Å². The highest BCUT2D eigenvalue weighted by Gasteiger charge is 2.34. The number of hydrazone groups is 1. The largest absolute Gasteiger partial charge is 0.495 e. The summed E-state index contributed by atoms with van der Waals surface area (Å²) in [6, 6.07) is 13.4. The molecule has 0 unspecified atom stereocenters. The lowest BCUT2D eigenvalue weighted by Crippen LogP contribution is -2.52. The predicted molar refractivity (Wildman–Crippen MR) is 124 cm³/mol. The van der Waals surface area contributed by atoms with Crippen molar-refractivity contribution in [1.82, 2.24) is 9.21 Å². The van der Waals surface area contributed by atoms with Crippen molar-refractivity contribution in [2.75, 3.05) is 38.3 Å². The molecule has 2 amide bonds. The van der Waals surface area contributed by atoms with Gasteiger partial charge in [-0.2, -0.15) is 9.41 Å². The summed E-state index contributed by atoms with van der Waals surface area (Å²) in [7, 11) is -2.45. The number of carbonyl (C=O) groups is 2. The van der Waals surface area contributed by atoms with E-state index in [1.54, 1.807) is 35.2 Å². The Kier molecular flexibility index (Phi) is 6.68. The summed E-state index contributed by atoms with van der Waals surface area (Å²) in [5.41, 5.74) is 0.880. The SMILES string of the molecule is COc1ccc(Cl)cc1S(=O)(=O)N1CCN(C(=O)C2=NN(c3ccccc3)C(=O)CC2)CC1. The third kappa shape index (κ3) is 4.73. The summed E-state index contributed by atoms with van der Waals surface area (Å²) in [6.07, 6.45) is 0.432. The number of carbonyl (C=O) groups excluding carboxylic acids is 2. The Morgan fingerprint density at radius 2 is 1.73 bits per heavy atom. The van der Waals surface area contributed by atoms with E-state index in [4.69, 9.17) is 16.3 Å². The number of sulfonamides is 1. The van der Waals surface area contributed by atoms with E-state index < -0.39 is 10.0 Å². The molecule has 0 saturated carbocycles. The number of halogens is 1. The number of benzene rings is 2. The molecule has 2 aliphatic heterocycles. The first-order valence-electron chi connectivity index (χ1n) is 10.4. The lowest BCUT2D eigenvalue weighted by Gasteiger charge is -2.35. The summed E-state index contributed by atoms with van der Waals surface area (Å²) in [5.74, 6) is -0.259. The second-order valence-electron chi connectivity index (χ2n) is 7.58. The maximum Gasteiger partial charge on any atom is 0.270 e. The van der Waals surface area contributed by atoms with E-state index in [1.165, 1.54) is 28.6 Å². The first kappa shape index (κ1) is 23.2. The van der Waals surface area contributed by atoms with Gasteiger partial charge in [0.25, 0.3) is 5.91 Å². The van der Waals surface area contributed by atoms with Crippen molar-refractivity contribution in [2.24, 2.45) is 5.10 Å². The highest BCUT2D eigenvalue weighted by molar-refractivity contribution is 7.89. The molecular weight excluding hydrogens is 468 g/mol. The van der Waals surface area contributed by atoms with Gasteiger partial charge in [0.1, 0.15) is 16.4 Å². The van der Waals surface area contributed by atoms with Gasteiger partial charge in [-0.3, -0.25) is 9.59 Å². The molecule has 0 atom stereocenters. The highest BCUT2D eigenvalue weighted by Crippen LogP contribution is 2.30. The van der Waals surface area contributed by atoms with Crippen LogP contribution in [0.5, 0.6) is 5.75 Å². The van der Waals surface area contributed by atoms with E-state index in [9.17, 15) is 18.0 Å². The molecule has 0 bridgehead atoms. The average Bonchev–Trinajstić information content (AvgIpc) is 2.84. The fourth-order valence-corrected chi connectivity index (χ4v) is 5.62. The van der Waals surface area contributed by atoms with Crippen LogP contribution in [0.2, 0.25) is 5.02 Å². The average molecular weight is 491 g/mol. The van der Waals surface area contributed by atoms with Crippen molar-refractivity contribution in [3.8, 4) is 5.75 Å². The highest BCUT2D eigenvalue weighted by atomic mass is 35.5. The number of rotatable bonds is 5. The van der Waals surface area contributed by atoms with E-state index in [0.29, 0.717) is 5.69 Å². The fourth-order valence-electron chi connectivity index (χ4n) is 3.78. The fraction of sp³-hybridized carbons (Fsp3) is 0.318. The minimum atomic E-state index is -3.85. The Labute approximate surface area is 197 Å². The van der Waals surface area contributed by atoms with Crippen LogP contribution in [0, 0.1) is 0 Å². The van der Waals surface area contributed by atoms with Crippen LogP contribution in [0.25, 0.3) is 0 Å². The molecule has 2 aromatic carbocycles. The van der Waals surface area contributed by atoms with Gasteiger partial charge in [0.05, 0.1) is 12.8 Å². The maximum atomic E-state index is 13.1. The number of hydrogen-bond acceptors (Lipinski definition) is 6. The van der Waals surface area contributed by atoms with Gasteiger partial charge >= 0.3 is 0 Å². The molecule has 0 radical (unpaired) electrons. The van der Waals surface area contributed by atoms with Crippen LogP contribution in [0.1, 0.15) is 12.8 Å². The van der Waals surface area contributed by atoms with Crippen molar-refractivity contribution in [3.63, 3.8) is 0 Å². The molecule has 174 valence electrons. The number of para-hydroxylation sites is 1. The standard InChI is InChI=1S/C22H23ClN4O5S/c1-32-19-9-7-16(23)15-20(19)33(30,31)26-13-11-25(12-14-26)22(29)18-8-10-21(28)27(24-18)17-5-3-2-4-6-17/h2-7,9,15H,8,10-14H2,1H3. The van der Waals surface area contributed by atoms with E-state index >= 15 is 0 Å². The van der Waals surface area contributed by atoms with Crippen LogP contribution in [0.3, 0.4) is 0 Å². The number of methoxy groups -OCH3 is 1. The summed E-state index contributed by atoms with van der Waals surface area (Å²) in [5, 5.41) is 5.84. The molecule has 2 aromatic rings. The molecule has 4 rings (SSSR count). The first-order valence-corrected chi connectivity index (χ1v) is 12.2. The number of ether oxygens (including phenoxy) is 1. The molecule has 9 nitrogen and oxygen atoms in total. The van der Waals surface area contributed by atoms with E-state index in [0.717, 1.165) is 0 Å². The maximum absolute atomic E-state index is 13.1. The van der Waals surface area contributed by atoms with Crippen LogP contribution in [0.4, 0.5) is 5.69 Å². The van der Waals surface area contributed by atoms with Crippen molar-refractivity contribution < 1.29 is 22.7 Å². The van der Waals surface area contributed by atoms with Crippen molar-refractivity contribution in [2.45, 2.75) is 17.7 Å². The molecule has 0 aliphatic carbocycles. The molecule has 1 saturated heterocycles. The third-order valence-electron chi connectivity index (χ3n) is 5.55. The third-order valence-corrected chi connectivity index (χ3v) is 7.70. The van der Waals surface area contributed by atoms with Gasteiger partial charge < -0.3 is 9.64 Å². The Morgan fingerprint density at radius 3 is 2.39 bits per heavy atom. The smallest absolute Gasteiger partial charge is 0.270 e. The zero-order valence-corrected chi connectivity index (χ0v) is 19.6. The molecule has 11 heteroatoms. The topological polar surface area (TPSA) is 99.6 Å². The molecule has 33 heavy (non-hydrogen) atoms. The summed E-state index contributed by atoms with van der Waals surface area (Å²) < 4.78 is 32.8. The molecule has 2 heterocycles. The summed E-state index contributed by atoms with van der Waals surface area (Å²) in [4.78, 5) is 26.9. The molecule has 0 aromatic heterocycles. The normalized spacial score (nSPS) is 17.6. The Hall–Kier alpha value is -2.95. The van der Waals surface area contributed by atoms with Crippen LogP contribution in [-0.4, -0.2) is 68.4 Å². The quantitative estimate of drug-likeness (QED) is 0.640. The number of anilines is 1. The van der Waals surface area contributed by atoms with Crippen molar-refractivity contribution in [3.05, 3.63) is 53.6 Å². The summed E-state index contributed by atoms with van der Waals surface area (Å²) in [6.45, 7) is 0.662. The number of piperazine rings is 1. The minimum Gasteiger partial charge on any atom is -0.495 e. The lowest BCUT2D eigenvalue weighted by molar-refractivity contribution is -0.125. The van der Waals surface area contributed by atoms with Crippen molar-refractivity contribution in [1.29, 1.82) is 0 Å². The molecule has 0 N–H and O–H groups in total. The Bertz CT molecular complexity index is 1190. The first-order chi connectivity index (χ1) is 15.8. The Balaban J connectivity index is 1.47. The number of nitrogens with zero attached hydrogens (tertiary/aromatic N) is 4. The molecule has 1 fully saturated rings. The zero-order chi connectivity index (χ0) is 23.6. The number of amides is 2. The van der Waals surface area contributed by atoms with Gasteiger partial charge in [-0.1, -0.05) is 29.8 Å². The monoisotopic (exact) mass is 490 g/mol. The second kappa shape index (κ2) is 9.50. The van der Waals surface area contributed by atoms with Gasteiger partial charge in [0, 0.05) is 44.0 Å². The predicted octanol–water partition coefficient (Wildman–Crippen LogP) is 2.36. The van der Waals surface area contributed by atoms with Crippen LogP contribution < -0.4 is 9.75 Å². The molecular formula is C22H23ClN4O5S. The second-order valence-corrected chi connectivity index (χ2v) is 9.92. The van der Waals surface area contributed by atoms with Crippen LogP contribution in [0.15, 0.2) is 58.5 Å². The van der Waals surface area contributed by atoms with E-state index in [1.807, 2.05) is 6.07 Å². The molecule has 2 aliphatic rings. The van der Waals surface area contributed by atoms with Gasteiger partial charge in [-0.25, -0.2) is 13.4 Å². The number of hydrogen-bond donors (Lipinski definition) is 0. The summed E-state index contributed by atoms with van der Waals surface area (Å²) >= 11 is 6.00. The van der Waals surface area contributed by atoms with Crippen LogP contribution >= 0.6 is 11.6 Å². The minimum absolute atomic E-state index is 0.00838. The van der Waals surface area contributed by atoms with Crippen molar-refractivity contribution >= 4 is 44.8 Å². The van der Waals surface area contributed by atoms with Crippen LogP contribution in [-0.2, 0) is 19.6 Å². The van der Waals surface area contributed by atoms with Gasteiger partial charge in [0.2, 0.25) is 15.9 Å². The van der Waals surface area contributed by atoms with Gasteiger partial charge in [-0.15, -0.1) is 0 Å². The van der Waals surface area contributed by atoms with E-state index in [-0.39, 0.29) is 72.2 Å². The zero-order valence-electron chi connectivity index (χ0n) is 18.0. The lowest BCUT2D eigenvalue weighted by atomic mass is 10.1. The Morgan fingerprint density at radius 1 is 1.03 bits per heavy atom.